The van der Waals surface area contributed by atoms with Gasteiger partial charge in [0.25, 0.3) is 0 Å². The average Bonchev–Trinajstić information content (AvgIpc) is 2.98. The molecule has 1 fully saturated rings. The molecule has 0 atom stereocenters. The number of hydrogen-bond donors (Lipinski definition) is 1. The molecule has 2 nitrogen and oxygen atoms in total. The molecular formula is C18H24N2S. The first-order chi connectivity index (χ1) is 10.3. The Balaban J connectivity index is 1.68. The Morgan fingerprint density at radius 1 is 1.24 bits per heavy atom. The minimum Gasteiger partial charge on any atom is -0.399 e. The van der Waals surface area contributed by atoms with Crippen molar-refractivity contribution in [2.45, 2.75) is 51.4 Å². The molecule has 21 heavy (non-hydrogen) atoms. The van der Waals surface area contributed by atoms with Gasteiger partial charge < -0.3 is 5.73 Å². The highest BCUT2D eigenvalue weighted by molar-refractivity contribution is 7.10. The molecule has 0 amide bonds. The molecule has 2 aromatic rings. The highest BCUT2D eigenvalue weighted by Crippen LogP contribution is 2.39. The van der Waals surface area contributed by atoms with Crippen molar-refractivity contribution in [3.8, 4) is 11.3 Å². The van der Waals surface area contributed by atoms with Crippen molar-refractivity contribution in [2.24, 2.45) is 5.92 Å². The molecule has 1 heterocycles. The number of thiazole rings is 1. The van der Waals surface area contributed by atoms with E-state index in [1.54, 1.807) is 0 Å². The van der Waals surface area contributed by atoms with Crippen molar-refractivity contribution in [1.29, 1.82) is 0 Å². The monoisotopic (exact) mass is 300 g/mol. The van der Waals surface area contributed by atoms with Crippen LogP contribution in [0.25, 0.3) is 11.3 Å². The fourth-order valence-electron chi connectivity index (χ4n) is 3.41. The highest BCUT2D eigenvalue weighted by Gasteiger charge is 2.24. The second-order valence-corrected chi connectivity index (χ2v) is 7.09. The molecule has 3 rings (SSSR count). The lowest BCUT2D eigenvalue weighted by Crippen LogP contribution is -2.13. The van der Waals surface area contributed by atoms with Crippen molar-refractivity contribution in [3.05, 3.63) is 34.7 Å². The van der Waals surface area contributed by atoms with Crippen LogP contribution in [0.3, 0.4) is 0 Å². The van der Waals surface area contributed by atoms with Crippen LogP contribution in [0.15, 0.2) is 29.6 Å². The van der Waals surface area contributed by atoms with E-state index in [1.165, 1.54) is 43.5 Å². The average molecular weight is 300 g/mol. The number of rotatable bonds is 4. The predicted molar refractivity (Wildman–Crippen MR) is 91.6 cm³/mol. The summed E-state index contributed by atoms with van der Waals surface area (Å²) in [6, 6.07) is 8.02. The number of aromatic nitrogens is 1. The number of benzene rings is 1. The van der Waals surface area contributed by atoms with Crippen LogP contribution in [0.5, 0.6) is 0 Å². The topological polar surface area (TPSA) is 38.9 Å². The van der Waals surface area contributed by atoms with Gasteiger partial charge in [0.2, 0.25) is 0 Å². The van der Waals surface area contributed by atoms with Crippen molar-refractivity contribution in [2.75, 3.05) is 5.73 Å². The van der Waals surface area contributed by atoms with Gasteiger partial charge in [-0.2, -0.15) is 0 Å². The molecule has 1 aromatic heterocycles. The first-order valence-electron chi connectivity index (χ1n) is 8.07. The molecule has 1 aliphatic carbocycles. The second-order valence-electron chi connectivity index (χ2n) is 6.20. The van der Waals surface area contributed by atoms with E-state index in [1.807, 2.05) is 29.5 Å². The summed E-state index contributed by atoms with van der Waals surface area (Å²) in [5, 5.41) is 3.50. The zero-order valence-electron chi connectivity index (χ0n) is 12.7. The molecule has 1 saturated carbocycles. The molecule has 1 aromatic carbocycles. The molecule has 0 bridgehead atoms. The molecule has 0 saturated heterocycles. The van der Waals surface area contributed by atoms with E-state index in [9.17, 15) is 0 Å². The first-order valence-corrected chi connectivity index (χ1v) is 8.95. The summed E-state index contributed by atoms with van der Waals surface area (Å²) in [4.78, 5) is 4.88. The molecule has 1 aliphatic rings. The molecule has 112 valence electrons. The van der Waals surface area contributed by atoms with Crippen LogP contribution in [-0.4, -0.2) is 4.98 Å². The summed E-state index contributed by atoms with van der Waals surface area (Å²) in [6.07, 6.45) is 8.12. The van der Waals surface area contributed by atoms with Gasteiger partial charge in [-0.3, -0.25) is 0 Å². The van der Waals surface area contributed by atoms with Gasteiger partial charge in [-0.15, -0.1) is 11.3 Å². The number of nitrogens with zero attached hydrogens (tertiary/aromatic N) is 1. The number of anilines is 1. The van der Waals surface area contributed by atoms with Gasteiger partial charge in [-0.25, -0.2) is 4.98 Å². The van der Waals surface area contributed by atoms with Crippen LogP contribution < -0.4 is 5.73 Å². The summed E-state index contributed by atoms with van der Waals surface area (Å²) in [6.45, 7) is 2.30. The predicted octanol–water partition coefficient (Wildman–Crippen LogP) is 5.47. The quantitative estimate of drug-likeness (QED) is 0.761. The Bertz CT molecular complexity index is 582. The normalized spacial score (nSPS) is 22.3. The molecule has 2 N–H and O–H groups in total. The summed E-state index contributed by atoms with van der Waals surface area (Å²) in [5.41, 5.74) is 8.89. The van der Waals surface area contributed by atoms with Gasteiger partial charge >= 0.3 is 0 Å². The van der Waals surface area contributed by atoms with E-state index in [4.69, 9.17) is 10.7 Å². The molecule has 0 unspecified atom stereocenters. The van der Waals surface area contributed by atoms with Crippen LogP contribution in [0.2, 0.25) is 0 Å². The van der Waals surface area contributed by atoms with Crippen molar-refractivity contribution >= 4 is 17.0 Å². The van der Waals surface area contributed by atoms with E-state index < -0.39 is 0 Å². The van der Waals surface area contributed by atoms with Gasteiger partial charge in [0.15, 0.2) is 0 Å². The maximum absolute atomic E-state index is 5.86. The molecule has 0 aliphatic heterocycles. The molecule has 3 heteroatoms. The van der Waals surface area contributed by atoms with E-state index >= 15 is 0 Å². The SMILES string of the molecule is CCCC1CCC(c2nc(-c3cccc(N)c3)cs2)CC1. The summed E-state index contributed by atoms with van der Waals surface area (Å²) in [7, 11) is 0. The summed E-state index contributed by atoms with van der Waals surface area (Å²) in [5.74, 6) is 1.64. The van der Waals surface area contributed by atoms with Crippen molar-refractivity contribution in [1.82, 2.24) is 4.98 Å². The Hall–Kier alpha value is -1.35. The second kappa shape index (κ2) is 6.61. The Morgan fingerprint density at radius 2 is 2.05 bits per heavy atom. The third-order valence-electron chi connectivity index (χ3n) is 4.60. The van der Waals surface area contributed by atoms with Crippen molar-refractivity contribution < 1.29 is 0 Å². The fraction of sp³-hybridized carbons (Fsp3) is 0.500. The van der Waals surface area contributed by atoms with E-state index in [2.05, 4.69) is 18.4 Å². The van der Waals surface area contributed by atoms with E-state index in [0.29, 0.717) is 5.92 Å². The van der Waals surface area contributed by atoms with E-state index in [-0.39, 0.29) is 0 Å². The lowest BCUT2D eigenvalue weighted by atomic mass is 9.80. The van der Waals surface area contributed by atoms with Crippen LogP contribution in [-0.2, 0) is 0 Å². The minimum atomic E-state index is 0.679. The highest BCUT2D eigenvalue weighted by atomic mass is 32.1. The molecule has 0 radical (unpaired) electrons. The standard InChI is InChI=1S/C18H24N2S/c1-2-4-13-7-9-14(10-8-13)18-20-17(12-21-18)15-5-3-6-16(19)11-15/h3,5-6,11-14H,2,4,7-10,19H2,1H3. The lowest BCUT2D eigenvalue weighted by molar-refractivity contribution is 0.308. The van der Waals surface area contributed by atoms with Gasteiger partial charge in [0.05, 0.1) is 10.7 Å². The third kappa shape index (κ3) is 3.46. The Labute approximate surface area is 131 Å². The van der Waals surface area contributed by atoms with Crippen LogP contribution >= 0.6 is 11.3 Å². The van der Waals surface area contributed by atoms with Crippen LogP contribution in [0.4, 0.5) is 5.69 Å². The minimum absolute atomic E-state index is 0.679. The van der Waals surface area contributed by atoms with Gasteiger partial charge in [0, 0.05) is 22.5 Å². The smallest absolute Gasteiger partial charge is 0.0963 e. The number of nitrogens with two attached hydrogens (primary N) is 1. The van der Waals surface area contributed by atoms with Crippen LogP contribution in [0.1, 0.15) is 56.4 Å². The zero-order valence-corrected chi connectivity index (χ0v) is 13.5. The summed E-state index contributed by atoms with van der Waals surface area (Å²) >= 11 is 1.82. The fourth-order valence-corrected chi connectivity index (χ4v) is 4.41. The van der Waals surface area contributed by atoms with E-state index in [0.717, 1.165) is 22.9 Å². The largest absolute Gasteiger partial charge is 0.399 e. The summed E-state index contributed by atoms with van der Waals surface area (Å²) < 4.78 is 0. The van der Waals surface area contributed by atoms with Gasteiger partial charge in [0.1, 0.15) is 0 Å². The zero-order chi connectivity index (χ0) is 14.7. The first kappa shape index (κ1) is 14.6. The van der Waals surface area contributed by atoms with Gasteiger partial charge in [-0.1, -0.05) is 31.9 Å². The van der Waals surface area contributed by atoms with Gasteiger partial charge in [-0.05, 0) is 43.7 Å². The lowest BCUT2D eigenvalue weighted by Gasteiger charge is -2.26. The third-order valence-corrected chi connectivity index (χ3v) is 5.60. The molecular weight excluding hydrogens is 276 g/mol. The Morgan fingerprint density at radius 3 is 2.76 bits per heavy atom. The number of nitrogen functional groups attached to an aromatic ring is 1. The maximum Gasteiger partial charge on any atom is 0.0963 e. The molecule has 0 spiro atoms. The van der Waals surface area contributed by atoms with Crippen molar-refractivity contribution in [3.63, 3.8) is 0 Å². The number of hydrogen-bond acceptors (Lipinski definition) is 3. The maximum atomic E-state index is 5.86. The van der Waals surface area contributed by atoms with Crippen LogP contribution in [0, 0.1) is 5.92 Å². The Kier molecular flexibility index (Phi) is 4.59.